The molecule has 0 saturated carbocycles. The lowest BCUT2D eigenvalue weighted by Gasteiger charge is -1.89. The Morgan fingerprint density at radius 1 is 1.33 bits per heavy atom. The largest absolute Gasteiger partial charge is 0.266 e. The summed E-state index contributed by atoms with van der Waals surface area (Å²) in [5, 5.41) is 0. The maximum absolute atomic E-state index is 11.3. The molecule has 0 rings (SSSR count). The van der Waals surface area contributed by atoms with Gasteiger partial charge in [-0.05, 0) is 18.9 Å². The summed E-state index contributed by atoms with van der Waals surface area (Å²) in [4.78, 5) is 0. The van der Waals surface area contributed by atoms with Gasteiger partial charge in [-0.2, -0.15) is 8.78 Å². The smallest absolute Gasteiger partial charge is 0.174 e. The van der Waals surface area contributed by atoms with Crippen LogP contribution in [0.2, 0.25) is 0 Å². The normalized spacial score (nSPS) is 9.22. The van der Waals surface area contributed by atoms with Crippen molar-refractivity contribution in [2.45, 2.75) is 32.6 Å². The Balaban J connectivity index is 3.00. The van der Waals surface area contributed by atoms with Gasteiger partial charge in [-0.1, -0.05) is 19.8 Å². The summed E-state index contributed by atoms with van der Waals surface area (Å²) in [7, 11) is 0. The summed E-state index contributed by atoms with van der Waals surface area (Å²) >= 11 is 0. The van der Waals surface area contributed by atoms with Crippen LogP contribution in [0.4, 0.5) is 8.78 Å². The van der Waals surface area contributed by atoms with Crippen molar-refractivity contribution in [2.24, 2.45) is 0 Å². The highest BCUT2D eigenvalue weighted by molar-refractivity contribution is 4.79. The molecule has 0 aliphatic rings. The standard InChI is InChI=1S/C7H12F2/c1-2-3-4-5-6-7(8)9/h6H,2-5H2,1H3. The van der Waals surface area contributed by atoms with Gasteiger partial charge in [-0.15, -0.1) is 0 Å². The molecule has 0 N–H and O–H groups in total. The zero-order valence-corrected chi connectivity index (χ0v) is 5.66. The molecular formula is C7H12F2. The molecule has 0 amide bonds. The second kappa shape index (κ2) is 5.73. The molecule has 0 atom stereocenters. The highest BCUT2D eigenvalue weighted by Gasteiger charge is 1.86. The van der Waals surface area contributed by atoms with E-state index in [9.17, 15) is 8.78 Å². The van der Waals surface area contributed by atoms with Crippen molar-refractivity contribution in [3.05, 3.63) is 12.2 Å². The van der Waals surface area contributed by atoms with E-state index in [1.54, 1.807) is 0 Å². The van der Waals surface area contributed by atoms with Crippen molar-refractivity contribution >= 4 is 0 Å². The van der Waals surface area contributed by atoms with E-state index in [1.165, 1.54) is 0 Å². The summed E-state index contributed by atoms with van der Waals surface area (Å²) in [5.41, 5.74) is 0. The number of halogens is 2. The van der Waals surface area contributed by atoms with Crippen molar-refractivity contribution < 1.29 is 8.78 Å². The molecular weight excluding hydrogens is 122 g/mol. The van der Waals surface area contributed by atoms with E-state index < -0.39 is 6.08 Å². The fourth-order valence-corrected chi connectivity index (χ4v) is 0.606. The fraction of sp³-hybridized carbons (Fsp3) is 0.714. The van der Waals surface area contributed by atoms with Gasteiger partial charge < -0.3 is 0 Å². The predicted molar refractivity (Wildman–Crippen MR) is 34.4 cm³/mol. The maximum Gasteiger partial charge on any atom is 0.266 e. The van der Waals surface area contributed by atoms with E-state index in [2.05, 4.69) is 6.92 Å². The van der Waals surface area contributed by atoms with Crippen molar-refractivity contribution in [1.82, 2.24) is 0 Å². The molecule has 0 saturated heterocycles. The monoisotopic (exact) mass is 134 g/mol. The molecule has 54 valence electrons. The lowest BCUT2D eigenvalue weighted by Crippen LogP contribution is -1.70. The third-order valence-electron chi connectivity index (χ3n) is 1.11. The van der Waals surface area contributed by atoms with Crippen LogP contribution < -0.4 is 0 Å². The maximum atomic E-state index is 11.3. The van der Waals surface area contributed by atoms with Crippen molar-refractivity contribution in [3.63, 3.8) is 0 Å². The molecule has 0 nitrogen and oxygen atoms in total. The Bertz CT molecular complexity index is 82.9. The minimum absolute atomic E-state index is 0.524. The average molecular weight is 134 g/mol. The predicted octanol–water partition coefficient (Wildman–Crippen LogP) is 3.35. The van der Waals surface area contributed by atoms with E-state index >= 15 is 0 Å². The Morgan fingerprint density at radius 2 is 2.00 bits per heavy atom. The molecule has 2 heteroatoms. The fourth-order valence-electron chi connectivity index (χ4n) is 0.606. The quantitative estimate of drug-likeness (QED) is 0.517. The van der Waals surface area contributed by atoms with Crippen LogP contribution in [-0.4, -0.2) is 0 Å². The second-order valence-electron chi connectivity index (χ2n) is 1.99. The van der Waals surface area contributed by atoms with Crippen LogP contribution in [0.3, 0.4) is 0 Å². The number of hydrogen-bond acceptors (Lipinski definition) is 0. The highest BCUT2D eigenvalue weighted by atomic mass is 19.3. The van der Waals surface area contributed by atoms with E-state index in [-0.39, 0.29) is 0 Å². The number of rotatable bonds is 4. The zero-order valence-electron chi connectivity index (χ0n) is 5.66. The highest BCUT2D eigenvalue weighted by Crippen LogP contribution is 2.04. The first kappa shape index (κ1) is 8.60. The third-order valence-corrected chi connectivity index (χ3v) is 1.11. The molecule has 0 aromatic rings. The van der Waals surface area contributed by atoms with Gasteiger partial charge in [0.25, 0.3) is 6.08 Å². The number of hydrogen-bond donors (Lipinski definition) is 0. The molecule has 0 fully saturated rings. The molecule has 0 heterocycles. The first-order valence-electron chi connectivity index (χ1n) is 3.28. The molecule has 0 unspecified atom stereocenters. The van der Waals surface area contributed by atoms with Crippen molar-refractivity contribution in [2.75, 3.05) is 0 Å². The van der Waals surface area contributed by atoms with Gasteiger partial charge in [0, 0.05) is 0 Å². The first-order chi connectivity index (χ1) is 4.27. The van der Waals surface area contributed by atoms with Crippen LogP contribution in [0.25, 0.3) is 0 Å². The van der Waals surface area contributed by atoms with Crippen LogP contribution in [-0.2, 0) is 0 Å². The first-order valence-corrected chi connectivity index (χ1v) is 3.28. The van der Waals surface area contributed by atoms with Crippen LogP contribution in [0.1, 0.15) is 32.6 Å². The summed E-state index contributed by atoms with van der Waals surface area (Å²) in [5.74, 6) is 0. The summed E-state index contributed by atoms with van der Waals surface area (Å²) < 4.78 is 22.6. The van der Waals surface area contributed by atoms with Crippen LogP contribution in [0.5, 0.6) is 0 Å². The molecule has 0 aromatic carbocycles. The molecule has 9 heavy (non-hydrogen) atoms. The number of allylic oxidation sites excluding steroid dienone is 1. The van der Waals surface area contributed by atoms with Gasteiger partial charge in [0.05, 0.1) is 0 Å². The van der Waals surface area contributed by atoms with E-state index in [0.29, 0.717) is 6.42 Å². The lowest BCUT2D eigenvalue weighted by atomic mass is 10.2. The third kappa shape index (κ3) is 7.60. The molecule has 0 spiro atoms. The van der Waals surface area contributed by atoms with Gasteiger partial charge in [0.15, 0.2) is 0 Å². The Kier molecular flexibility index (Phi) is 5.48. The van der Waals surface area contributed by atoms with Crippen molar-refractivity contribution in [1.29, 1.82) is 0 Å². The van der Waals surface area contributed by atoms with E-state index in [0.717, 1.165) is 25.3 Å². The lowest BCUT2D eigenvalue weighted by molar-refractivity contribution is 0.416. The van der Waals surface area contributed by atoms with Gasteiger partial charge in [-0.3, -0.25) is 0 Å². The minimum atomic E-state index is -1.55. The van der Waals surface area contributed by atoms with E-state index in [4.69, 9.17) is 0 Å². The Hall–Kier alpha value is -0.400. The topological polar surface area (TPSA) is 0 Å². The minimum Gasteiger partial charge on any atom is -0.174 e. The molecule has 0 radical (unpaired) electrons. The van der Waals surface area contributed by atoms with Gasteiger partial charge in [0.1, 0.15) is 0 Å². The number of unbranched alkanes of at least 4 members (excludes halogenated alkanes) is 3. The Morgan fingerprint density at radius 3 is 2.44 bits per heavy atom. The summed E-state index contributed by atoms with van der Waals surface area (Å²) in [6.45, 7) is 2.05. The van der Waals surface area contributed by atoms with Crippen molar-refractivity contribution in [3.8, 4) is 0 Å². The van der Waals surface area contributed by atoms with Crippen LogP contribution in [0, 0.1) is 0 Å². The summed E-state index contributed by atoms with van der Waals surface area (Å²) in [6.07, 6.45) is 2.97. The van der Waals surface area contributed by atoms with E-state index in [1.807, 2.05) is 0 Å². The van der Waals surface area contributed by atoms with Gasteiger partial charge >= 0.3 is 0 Å². The summed E-state index contributed by atoms with van der Waals surface area (Å²) in [6, 6.07) is 0. The SMILES string of the molecule is CCCCCC=C(F)F. The second-order valence-corrected chi connectivity index (χ2v) is 1.99. The molecule has 0 bridgehead atoms. The molecule has 0 aromatic heterocycles. The molecule has 0 aliphatic carbocycles. The molecule has 0 aliphatic heterocycles. The Labute approximate surface area is 54.6 Å². The average Bonchev–Trinajstić information content (AvgIpc) is 1.80. The van der Waals surface area contributed by atoms with Crippen LogP contribution >= 0.6 is 0 Å². The van der Waals surface area contributed by atoms with Crippen LogP contribution in [0.15, 0.2) is 12.2 Å². The van der Waals surface area contributed by atoms with Gasteiger partial charge in [0.2, 0.25) is 0 Å². The zero-order chi connectivity index (χ0) is 7.11. The van der Waals surface area contributed by atoms with Gasteiger partial charge in [-0.25, -0.2) is 0 Å².